The molecule has 0 heterocycles. The molecule has 150 valence electrons. The molecule has 1 amide bonds. The lowest BCUT2D eigenvalue weighted by atomic mass is 10.3. The summed E-state index contributed by atoms with van der Waals surface area (Å²) < 4.78 is 33.0. The zero-order valence-corrected chi connectivity index (χ0v) is 17.3. The van der Waals surface area contributed by atoms with Crippen LogP contribution < -0.4 is 14.8 Å². The SMILES string of the molecule is O=C(COc1ccc(S(=O)(=O)NC2CCCC2)cc1Cl)Nc1ccc(Cl)cc1. The van der Waals surface area contributed by atoms with Gasteiger partial charge in [0.2, 0.25) is 10.0 Å². The Kier molecular flexibility index (Phi) is 6.82. The van der Waals surface area contributed by atoms with Gasteiger partial charge in [0, 0.05) is 16.8 Å². The molecule has 2 N–H and O–H groups in total. The van der Waals surface area contributed by atoms with E-state index in [9.17, 15) is 13.2 Å². The number of ether oxygens (including phenoxy) is 1. The molecule has 0 spiro atoms. The summed E-state index contributed by atoms with van der Waals surface area (Å²) in [5.74, 6) is -0.147. The normalized spacial score (nSPS) is 14.8. The van der Waals surface area contributed by atoms with E-state index in [-0.39, 0.29) is 34.2 Å². The predicted molar refractivity (Wildman–Crippen MR) is 110 cm³/mol. The summed E-state index contributed by atoms with van der Waals surface area (Å²) in [6.45, 7) is -0.269. The van der Waals surface area contributed by atoms with Crippen LogP contribution in [0.2, 0.25) is 10.0 Å². The van der Waals surface area contributed by atoms with Crippen molar-refractivity contribution in [2.45, 2.75) is 36.6 Å². The second-order valence-electron chi connectivity index (χ2n) is 6.54. The van der Waals surface area contributed by atoms with Crippen molar-refractivity contribution >= 4 is 44.8 Å². The fraction of sp³-hybridized carbons (Fsp3) is 0.316. The molecule has 1 aliphatic rings. The zero-order chi connectivity index (χ0) is 20.1. The number of carbonyl (C=O) groups excluding carboxylic acids is 1. The summed E-state index contributed by atoms with van der Waals surface area (Å²) in [6.07, 6.45) is 3.74. The van der Waals surface area contributed by atoms with E-state index >= 15 is 0 Å². The van der Waals surface area contributed by atoms with Gasteiger partial charge >= 0.3 is 0 Å². The minimum absolute atomic E-state index is 0.0312. The van der Waals surface area contributed by atoms with Crippen LogP contribution in [0.15, 0.2) is 47.4 Å². The number of rotatable bonds is 7. The molecule has 0 radical (unpaired) electrons. The van der Waals surface area contributed by atoms with Gasteiger partial charge in [-0.15, -0.1) is 0 Å². The summed E-state index contributed by atoms with van der Waals surface area (Å²) in [5.41, 5.74) is 0.587. The third-order valence-electron chi connectivity index (χ3n) is 4.38. The maximum atomic E-state index is 12.5. The molecule has 1 fully saturated rings. The van der Waals surface area contributed by atoms with Gasteiger partial charge in [0.25, 0.3) is 5.91 Å². The van der Waals surface area contributed by atoms with Crippen LogP contribution in [-0.2, 0) is 14.8 Å². The van der Waals surface area contributed by atoms with Crippen LogP contribution in [0.3, 0.4) is 0 Å². The number of nitrogens with one attached hydrogen (secondary N) is 2. The quantitative estimate of drug-likeness (QED) is 0.671. The van der Waals surface area contributed by atoms with Crippen LogP contribution in [-0.4, -0.2) is 27.0 Å². The fourth-order valence-electron chi connectivity index (χ4n) is 2.97. The third kappa shape index (κ3) is 5.61. The van der Waals surface area contributed by atoms with Gasteiger partial charge in [-0.1, -0.05) is 36.0 Å². The van der Waals surface area contributed by atoms with Crippen molar-refractivity contribution in [1.82, 2.24) is 4.72 Å². The first-order valence-electron chi connectivity index (χ1n) is 8.83. The standard InChI is InChI=1S/C19H20Cl2N2O4S/c20-13-5-7-14(8-6-13)22-19(24)12-27-18-10-9-16(11-17(18)21)28(25,26)23-15-3-1-2-4-15/h5-11,15,23H,1-4,12H2,(H,22,24). The Bertz CT molecular complexity index is 943. The van der Waals surface area contributed by atoms with E-state index in [0.717, 1.165) is 25.7 Å². The Labute approximate surface area is 174 Å². The molecule has 0 atom stereocenters. The van der Waals surface area contributed by atoms with Crippen molar-refractivity contribution in [1.29, 1.82) is 0 Å². The Morgan fingerprint density at radius 2 is 1.75 bits per heavy atom. The number of carbonyl (C=O) groups is 1. The van der Waals surface area contributed by atoms with Crippen LogP contribution in [0.1, 0.15) is 25.7 Å². The minimum atomic E-state index is -3.64. The Morgan fingerprint density at radius 1 is 1.07 bits per heavy atom. The zero-order valence-electron chi connectivity index (χ0n) is 15.0. The highest BCUT2D eigenvalue weighted by molar-refractivity contribution is 7.89. The molecule has 0 aliphatic heterocycles. The summed E-state index contributed by atoms with van der Waals surface area (Å²) in [5, 5.41) is 3.35. The first kappa shape index (κ1) is 20.9. The van der Waals surface area contributed by atoms with Crippen LogP contribution in [0.5, 0.6) is 5.75 Å². The average molecular weight is 443 g/mol. The van der Waals surface area contributed by atoms with E-state index in [1.54, 1.807) is 24.3 Å². The minimum Gasteiger partial charge on any atom is -0.482 e. The van der Waals surface area contributed by atoms with Gasteiger partial charge in [-0.05, 0) is 55.3 Å². The lowest BCUT2D eigenvalue weighted by Gasteiger charge is -2.14. The number of hydrogen-bond donors (Lipinski definition) is 2. The second kappa shape index (κ2) is 9.13. The van der Waals surface area contributed by atoms with E-state index in [1.807, 2.05) is 0 Å². The van der Waals surface area contributed by atoms with Gasteiger partial charge in [0.15, 0.2) is 6.61 Å². The first-order valence-corrected chi connectivity index (χ1v) is 11.1. The molecule has 9 heteroatoms. The van der Waals surface area contributed by atoms with Crippen LogP contribution in [0, 0.1) is 0 Å². The van der Waals surface area contributed by atoms with Crippen molar-refractivity contribution < 1.29 is 17.9 Å². The monoisotopic (exact) mass is 442 g/mol. The molecular weight excluding hydrogens is 423 g/mol. The topological polar surface area (TPSA) is 84.5 Å². The van der Waals surface area contributed by atoms with Gasteiger partial charge in [0.05, 0.1) is 9.92 Å². The molecule has 0 bridgehead atoms. The van der Waals surface area contributed by atoms with Crippen molar-refractivity contribution in [3.8, 4) is 5.75 Å². The molecular formula is C19H20Cl2N2O4S. The predicted octanol–water partition coefficient (Wildman–Crippen LogP) is 4.23. The number of halogens is 2. The summed E-state index contributed by atoms with van der Waals surface area (Å²) in [7, 11) is -3.64. The molecule has 1 saturated carbocycles. The molecule has 28 heavy (non-hydrogen) atoms. The van der Waals surface area contributed by atoms with Crippen molar-refractivity contribution in [2.24, 2.45) is 0 Å². The molecule has 2 aromatic carbocycles. The Hall–Kier alpha value is -1.80. The van der Waals surface area contributed by atoms with Gasteiger partial charge in [-0.25, -0.2) is 13.1 Å². The first-order chi connectivity index (χ1) is 13.3. The van der Waals surface area contributed by atoms with E-state index in [1.165, 1.54) is 18.2 Å². The molecule has 3 rings (SSSR count). The second-order valence-corrected chi connectivity index (χ2v) is 9.10. The maximum absolute atomic E-state index is 12.5. The molecule has 0 aromatic heterocycles. The highest BCUT2D eigenvalue weighted by Gasteiger charge is 2.23. The van der Waals surface area contributed by atoms with Gasteiger partial charge < -0.3 is 10.1 Å². The van der Waals surface area contributed by atoms with Crippen molar-refractivity contribution in [3.05, 3.63) is 52.5 Å². The average Bonchev–Trinajstić information content (AvgIpc) is 3.15. The van der Waals surface area contributed by atoms with Crippen LogP contribution >= 0.6 is 23.2 Å². The molecule has 2 aromatic rings. The van der Waals surface area contributed by atoms with E-state index in [4.69, 9.17) is 27.9 Å². The van der Waals surface area contributed by atoms with Crippen molar-refractivity contribution in [2.75, 3.05) is 11.9 Å². The maximum Gasteiger partial charge on any atom is 0.262 e. The third-order valence-corrected chi connectivity index (χ3v) is 6.44. The van der Waals surface area contributed by atoms with Gasteiger partial charge in [-0.3, -0.25) is 4.79 Å². The lowest BCUT2D eigenvalue weighted by molar-refractivity contribution is -0.118. The number of anilines is 1. The smallest absolute Gasteiger partial charge is 0.262 e. The van der Waals surface area contributed by atoms with Crippen molar-refractivity contribution in [3.63, 3.8) is 0 Å². The highest BCUT2D eigenvalue weighted by atomic mass is 35.5. The fourth-order valence-corrected chi connectivity index (χ4v) is 4.73. The number of benzene rings is 2. The van der Waals surface area contributed by atoms with Gasteiger partial charge in [0.1, 0.15) is 5.75 Å². The van der Waals surface area contributed by atoms with Crippen LogP contribution in [0.4, 0.5) is 5.69 Å². The number of hydrogen-bond acceptors (Lipinski definition) is 4. The molecule has 6 nitrogen and oxygen atoms in total. The number of sulfonamides is 1. The molecule has 0 saturated heterocycles. The summed E-state index contributed by atoms with van der Waals surface area (Å²) in [4.78, 5) is 12.1. The van der Waals surface area contributed by atoms with Gasteiger partial charge in [-0.2, -0.15) is 0 Å². The Morgan fingerprint density at radius 3 is 2.39 bits per heavy atom. The largest absolute Gasteiger partial charge is 0.482 e. The highest BCUT2D eigenvalue weighted by Crippen LogP contribution is 2.28. The Balaban J connectivity index is 1.59. The number of amides is 1. The van der Waals surface area contributed by atoms with E-state index < -0.39 is 10.0 Å². The summed E-state index contributed by atoms with van der Waals surface area (Å²) in [6, 6.07) is 10.8. The summed E-state index contributed by atoms with van der Waals surface area (Å²) >= 11 is 11.9. The van der Waals surface area contributed by atoms with E-state index in [2.05, 4.69) is 10.0 Å². The van der Waals surface area contributed by atoms with Crippen LogP contribution in [0.25, 0.3) is 0 Å². The molecule has 1 aliphatic carbocycles. The van der Waals surface area contributed by atoms with E-state index in [0.29, 0.717) is 10.7 Å². The lowest BCUT2D eigenvalue weighted by Crippen LogP contribution is -2.32. The molecule has 0 unspecified atom stereocenters.